The van der Waals surface area contributed by atoms with E-state index in [4.69, 9.17) is 5.26 Å². The lowest BCUT2D eigenvalue weighted by Gasteiger charge is -2.18. The average molecular weight is 284 g/mol. The summed E-state index contributed by atoms with van der Waals surface area (Å²) in [6, 6.07) is 5.14. The fourth-order valence-corrected chi connectivity index (χ4v) is 2.67. The normalized spacial score (nSPS) is 12.2. The van der Waals surface area contributed by atoms with E-state index in [0.717, 1.165) is 6.07 Å². The molecule has 0 heterocycles. The maximum Gasteiger partial charge on any atom is 0.241 e. The second-order valence-corrected chi connectivity index (χ2v) is 7.17. The standard InChI is InChI=1S/C13H17FN2O2S/c1-13(2,3)7-8-16-19(17,18)12-6-4-5-11(14)10(12)9-15/h4-6,16H,7-8H2,1-3H3. The molecule has 1 N–H and O–H groups in total. The van der Waals surface area contributed by atoms with Crippen LogP contribution in [0, 0.1) is 22.6 Å². The second kappa shape index (κ2) is 5.68. The molecule has 0 saturated carbocycles. The number of rotatable bonds is 4. The third kappa shape index (κ3) is 4.30. The Balaban J connectivity index is 2.97. The average Bonchev–Trinajstić information content (AvgIpc) is 2.26. The summed E-state index contributed by atoms with van der Waals surface area (Å²) in [5.41, 5.74) is -0.464. The van der Waals surface area contributed by atoms with Crippen molar-refractivity contribution in [2.24, 2.45) is 5.41 Å². The number of hydrogen-bond donors (Lipinski definition) is 1. The van der Waals surface area contributed by atoms with Crippen LogP contribution in [-0.4, -0.2) is 15.0 Å². The lowest BCUT2D eigenvalue weighted by molar-refractivity contribution is 0.378. The molecule has 6 heteroatoms. The first kappa shape index (κ1) is 15.6. The van der Waals surface area contributed by atoms with Gasteiger partial charge >= 0.3 is 0 Å². The number of sulfonamides is 1. The van der Waals surface area contributed by atoms with Gasteiger partial charge in [0, 0.05) is 6.54 Å². The first-order chi connectivity index (χ1) is 8.67. The van der Waals surface area contributed by atoms with Crippen molar-refractivity contribution in [2.45, 2.75) is 32.1 Å². The molecule has 0 radical (unpaired) electrons. The number of halogens is 1. The summed E-state index contributed by atoms with van der Waals surface area (Å²) < 4.78 is 39.8. The minimum atomic E-state index is -3.86. The van der Waals surface area contributed by atoms with Crippen molar-refractivity contribution in [1.82, 2.24) is 4.72 Å². The van der Waals surface area contributed by atoms with E-state index in [0.29, 0.717) is 6.42 Å². The highest BCUT2D eigenvalue weighted by atomic mass is 32.2. The molecule has 1 aromatic rings. The van der Waals surface area contributed by atoms with E-state index in [2.05, 4.69) is 4.72 Å². The summed E-state index contributed by atoms with van der Waals surface area (Å²) in [4.78, 5) is -0.316. The van der Waals surface area contributed by atoms with Crippen LogP contribution in [0.3, 0.4) is 0 Å². The van der Waals surface area contributed by atoms with Crippen LogP contribution in [0.2, 0.25) is 0 Å². The summed E-state index contributed by atoms with van der Waals surface area (Å²) in [6.45, 7) is 6.21. The number of benzene rings is 1. The Bertz CT molecular complexity index is 598. The van der Waals surface area contributed by atoms with Crippen LogP contribution in [0.4, 0.5) is 4.39 Å². The zero-order valence-electron chi connectivity index (χ0n) is 11.2. The molecule has 0 amide bonds. The Morgan fingerprint density at radius 3 is 2.53 bits per heavy atom. The third-order valence-electron chi connectivity index (χ3n) is 2.54. The lowest BCUT2D eigenvalue weighted by Crippen LogP contribution is -2.28. The zero-order chi connectivity index (χ0) is 14.7. The predicted octanol–water partition coefficient (Wildman–Crippen LogP) is 2.41. The van der Waals surface area contributed by atoms with Gasteiger partial charge in [0.05, 0.1) is 0 Å². The molecule has 104 valence electrons. The molecule has 0 aliphatic rings. The largest absolute Gasteiger partial charge is 0.241 e. The van der Waals surface area contributed by atoms with E-state index in [9.17, 15) is 12.8 Å². The molecular weight excluding hydrogens is 267 g/mol. The highest BCUT2D eigenvalue weighted by molar-refractivity contribution is 7.89. The van der Waals surface area contributed by atoms with Crippen molar-refractivity contribution in [3.8, 4) is 6.07 Å². The second-order valence-electron chi connectivity index (χ2n) is 5.43. The van der Waals surface area contributed by atoms with Crippen LogP contribution < -0.4 is 4.72 Å². The molecule has 1 rings (SSSR count). The van der Waals surface area contributed by atoms with E-state index >= 15 is 0 Å². The van der Waals surface area contributed by atoms with Crippen molar-refractivity contribution in [3.63, 3.8) is 0 Å². The van der Waals surface area contributed by atoms with Gasteiger partial charge in [-0.1, -0.05) is 26.8 Å². The number of hydrogen-bond acceptors (Lipinski definition) is 3. The Labute approximate surface area is 113 Å². The highest BCUT2D eigenvalue weighted by Gasteiger charge is 2.21. The van der Waals surface area contributed by atoms with Crippen molar-refractivity contribution in [2.75, 3.05) is 6.54 Å². The summed E-state index contributed by atoms with van der Waals surface area (Å²) in [7, 11) is -3.86. The molecule has 0 unspecified atom stereocenters. The Hall–Kier alpha value is -1.45. The van der Waals surface area contributed by atoms with Crippen LogP contribution in [0.25, 0.3) is 0 Å². The van der Waals surface area contributed by atoms with Crippen LogP contribution in [-0.2, 0) is 10.0 Å². The molecule has 0 atom stereocenters. The van der Waals surface area contributed by atoms with Gasteiger partial charge in [0.15, 0.2) is 0 Å². The van der Waals surface area contributed by atoms with Crippen molar-refractivity contribution < 1.29 is 12.8 Å². The van der Waals surface area contributed by atoms with Gasteiger partial charge in [-0.05, 0) is 24.0 Å². The first-order valence-corrected chi connectivity index (χ1v) is 7.34. The minimum Gasteiger partial charge on any atom is -0.211 e. The van der Waals surface area contributed by atoms with E-state index in [1.807, 2.05) is 20.8 Å². The van der Waals surface area contributed by atoms with E-state index < -0.39 is 21.4 Å². The first-order valence-electron chi connectivity index (χ1n) is 5.86. The third-order valence-corrected chi connectivity index (χ3v) is 4.05. The molecule has 0 aromatic heterocycles. The fourth-order valence-electron chi connectivity index (χ4n) is 1.47. The summed E-state index contributed by atoms with van der Waals surface area (Å²) in [5.74, 6) is -0.832. The lowest BCUT2D eigenvalue weighted by atomic mass is 9.93. The van der Waals surface area contributed by atoms with Crippen LogP contribution >= 0.6 is 0 Å². The summed E-state index contributed by atoms with van der Waals surface area (Å²) in [6.07, 6.45) is 0.642. The number of nitrogens with one attached hydrogen (secondary N) is 1. The molecule has 19 heavy (non-hydrogen) atoms. The number of nitrogens with zero attached hydrogens (tertiary/aromatic N) is 1. The topological polar surface area (TPSA) is 70.0 Å². The van der Waals surface area contributed by atoms with Gasteiger partial charge in [0.2, 0.25) is 10.0 Å². The monoisotopic (exact) mass is 284 g/mol. The van der Waals surface area contributed by atoms with Gasteiger partial charge in [-0.3, -0.25) is 0 Å². The minimum absolute atomic E-state index is 0.0114. The molecule has 0 spiro atoms. The molecule has 0 saturated heterocycles. The van der Waals surface area contributed by atoms with Gasteiger partial charge in [-0.2, -0.15) is 5.26 Å². The molecule has 0 aliphatic carbocycles. The maximum atomic E-state index is 13.4. The Morgan fingerprint density at radius 2 is 2.00 bits per heavy atom. The Morgan fingerprint density at radius 1 is 1.37 bits per heavy atom. The SMILES string of the molecule is CC(C)(C)CCNS(=O)(=O)c1cccc(F)c1C#N. The fraction of sp³-hybridized carbons (Fsp3) is 0.462. The molecular formula is C13H17FN2O2S. The van der Waals surface area contributed by atoms with E-state index in [1.54, 1.807) is 6.07 Å². The summed E-state index contributed by atoms with van der Waals surface area (Å²) >= 11 is 0. The van der Waals surface area contributed by atoms with E-state index in [-0.39, 0.29) is 16.9 Å². The van der Waals surface area contributed by atoms with Gasteiger partial charge in [-0.25, -0.2) is 17.5 Å². The molecule has 1 aromatic carbocycles. The molecule has 0 bridgehead atoms. The molecule has 4 nitrogen and oxygen atoms in total. The van der Waals surface area contributed by atoms with Crippen LogP contribution in [0.5, 0.6) is 0 Å². The van der Waals surface area contributed by atoms with Gasteiger partial charge in [-0.15, -0.1) is 0 Å². The quantitative estimate of drug-likeness (QED) is 0.923. The highest BCUT2D eigenvalue weighted by Crippen LogP contribution is 2.20. The maximum absolute atomic E-state index is 13.4. The zero-order valence-corrected chi connectivity index (χ0v) is 12.0. The van der Waals surface area contributed by atoms with Gasteiger partial charge < -0.3 is 0 Å². The van der Waals surface area contributed by atoms with Gasteiger partial charge in [0.1, 0.15) is 22.3 Å². The molecule has 0 fully saturated rings. The van der Waals surface area contributed by atoms with Gasteiger partial charge in [0.25, 0.3) is 0 Å². The van der Waals surface area contributed by atoms with Crippen LogP contribution in [0.15, 0.2) is 23.1 Å². The molecule has 0 aliphatic heterocycles. The van der Waals surface area contributed by atoms with Crippen molar-refractivity contribution in [3.05, 3.63) is 29.6 Å². The van der Waals surface area contributed by atoms with E-state index in [1.165, 1.54) is 12.1 Å². The Kier molecular flexibility index (Phi) is 4.66. The number of nitriles is 1. The van der Waals surface area contributed by atoms with Crippen molar-refractivity contribution in [1.29, 1.82) is 5.26 Å². The van der Waals surface area contributed by atoms with Crippen LogP contribution in [0.1, 0.15) is 32.8 Å². The predicted molar refractivity (Wildman–Crippen MR) is 70.4 cm³/mol. The summed E-state index contributed by atoms with van der Waals surface area (Å²) in [5, 5.41) is 8.84. The smallest absolute Gasteiger partial charge is 0.211 e. The van der Waals surface area contributed by atoms with Crippen molar-refractivity contribution >= 4 is 10.0 Å².